The van der Waals surface area contributed by atoms with Crippen LogP contribution in [0.15, 0.2) is 42.5 Å². The number of hydrogen-bond donors (Lipinski definition) is 1. The van der Waals surface area contributed by atoms with Gasteiger partial charge < -0.3 is 10.2 Å². The fourth-order valence-corrected chi connectivity index (χ4v) is 4.99. The van der Waals surface area contributed by atoms with Gasteiger partial charge in [0.1, 0.15) is 6.04 Å². The van der Waals surface area contributed by atoms with Gasteiger partial charge >= 0.3 is 0 Å². The van der Waals surface area contributed by atoms with Crippen molar-refractivity contribution in [1.29, 1.82) is 0 Å². The zero-order valence-electron chi connectivity index (χ0n) is 21.4. The third kappa shape index (κ3) is 8.39. The highest BCUT2D eigenvalue weighted by Gasteiger charge is 2.27. The standard InChI is InChI=1S/C26H35Cl2N3O4S/c1-6-18(2)29-26(33)20(4)30(17-21-12-14-22(27)15-13-21)25(32)11-8-16-31(36(5,34)35)24-10-7-9-23(28)19(24)3/h7,9-10,12-15,18,20H,6,8,11,16-17H2,1-5H3,(H,29,33). The first-order valence-corrected chi connectivity index (χ1v) is 14.5. The Morgan fingerprint density at radius 1 is 1.06 bits per heavy atom. The zero-order chi connectivity index (χ0) is 27.0. The van der Waals surface area contributed by atoms with Crippen LogP contribution in [0.3, 0.4) is 0 Å². The summed E-state index contributed by atoms with van der Waals surface area (Å²) in [6.07, 6.45) is 2.24. The maximum atomic E-state index is 13.3. The minimum atomic E-state index is -3.60. The van der Waals surface area contributed by atoms with Crippen molar-refractivity contribution >= 4 is 50.7 Å². The summed E-state index contributed by atoms with van der Waals surface area (Å²) in [5.41, 5.74) is 1.97. The van der Waals surface area contributed by atoms with E-state index in [0.29, 0.717) is 21.3 Å². The lowest BCUT2D eigenvalue weighted by molar-refractivity contribution is -0.140. The molecule has 0 heterocycles. The number of hydrogen-bond acceptors (Lipinski definition) is 4. The first kappa shape index (κ1) is 29.9. The number of anilines is 1. The van der Waals surface area contributed by atoms with E-state index in [1.54, 1.807) is 44.2 Å². The molecule has 36 heavy (non-hydrogen) atoms. The molecule has 2 amide bonds. The molecule has 0 aliphatic heterocycles. The Labute approximate surface area is 224 Å². The molecule has 0 aromatic heterocycles. The number of nitrogens with one attached hydrogen (secondary N) is 1. The Hall–Kier alpha value is -2.29. The van der Waals surface area contributed by atoms with Crippen LogP contribution < -0.4 is 9.62 Å². The molecule has 2 aromatic carbocycles. The number of nitrogens with zero attached hydrogens (tertiary/aromatic N) is 2. The molecule has 1 N–H and O–H groups in total. The van der Waals surface area contributed by atoms with Gasteiger partial charge in [0, 0.05) is 35.6 Å². The Morgan fingerprint density at radius 3 is 2.28 bits per heavy atom. The summed E-state index contributed by atoms with van der Waals surface area (Å²) >= 11 is 12.2. The number of carbonyl (C=O) groups excluding carboxylic acids is 2. The van der Waals surface area contributed by atoms with Crippen molar-refractivity contribution in [3.05, 3.63) is 63.6 Å². The molecule has 0 saturated heterocycles. The molecule has 2 unspecified atom stereocenters. The second kappa shape index (κ2) is 13.3. The number of carbonyl (C=O) groups is 2. The molecule has 0 saturated carbocycles. The van der Waals surface area contributed by atoms with E-state index in [1.165, 1.54) is 9.21 Å². The normalized spacial score (nSPS) is 13.1. The summed E-state index contributed by atoms with van der Waals surface area (Å²) in [4.78, 5) is 27.7. The number of halogens is 2. The maximum absolute atomic E-state index is 13.3. The second-order valence-electron chi connectivity index (χ2n) is 8.96. The molecule has 198 valence electrons. The summed E-state index contributed by atoms with van der Waals surface area (Å²) in [5, 5.41) is 3.98. The Morgan fingerprint density at radius 2 is 1.69 bits per heavy atom. The molecule has 2 rings (SSSR count). The third-order valence-corrected chi connectivity index (χ3v) is 7.94. The van der Waals surface area contributed by atoms with E-state index in [0.717, 1.165) is 18.2 Å². The molecule has 0 aliphatic carbocycles. The van der Waals surface area contributed by atoms with Gasteiger partial charge in [0.25, 0.3) is 0 Å². The number of rotatable bonds is 12. The lowest BCUT2D eigenvalue weighted by Crippen LogP contribution is -2.49. The first-order chi connectivity index (χ1) is 16.8. The molecular formula is C26H35Cl2N3O4S. The molecule has 2 atom stereocenters. The predicted molar refractivity (Wildman–Crippen MR) is 147 cm³/mol. The predicted octanol–water partition coefficient (Wildman–Crippen LogP) is 5.18. The molecule has 0 fully saturated rings. The number of sulfonamides is 1. The van der Waals surface area contributed by atoms with Crippen LogP contribution in [-0.4, -0.2) is 50.0 Å². The highest BCUT2D eigenvalue weighted by atomic mass is 35.5. The van der Waals surface area contributed by atoms with E-state index in [2.05, 4.69) is 5.32 Å². The van der Waals surface area contributed by atoms with Crippen molar-refractivity contribution < 1.29 is 18.0 Å². The van der Waals surface area contributed by atoms with Crippen molar-refractivity contribution in [3.8, 4) is 0 Å². The summed E-state index contributed by atoms with van der Waals surface area (Å²) in [5.74, 6) is -0.480. The van der Waals surface area contributed by atoms with E-state index >= 15 is 0 Å². The van der Waals surface area contributed by atoms with Gasteiger partial charge in [0.05, 0.1) is 11.9 Å². The Bertz CT molecular complexity index is 1160. The number of benzene rings is 2. The van der Waals surface area contributed by atoms with E-state index in [-0.39, 0.29) is 43.8 Å². The lowest BCUT2D eigenvalue weighted by Gasteiger charge is -2.30. The molecular weight excluding hydrogens is 521 g/mol. The molecule has 2 aromatic rings. The zero-order valence-corrected chi connectivity index (χ0v) is 23.8. The van der Waals surface area contributed by atoms with Crippen LogP contribution in [-0.2, 0) is 26.2 Å². The maximum Gasteiger partial charge on any atom is 0.242 e. The quantitative estimate of drug-likeness (QED) is 0.391. The van der Waals surface area contributed by atoms with Crippen LogP contribution in [0.5, 0.6) is 0 Å². The van der Waals surface area contributed by atoms with Gasteiger partial charge in [-0.15, -0.1) is 0 Å². The van der Waals surface area contributed by atoms with Crippen LogP contribution >= 0.6 is 23.2 Å². The Kier molecular flexibility index (Phi) is 11.1. The molecule has 0 bridgehead atoms. The van der Waals surface area contributed by atoms with E-state index in [1.807, 2.05) is 26.0 Å². The summed E-state index contributed by atoms with van der Waals surface area (Å²) in [6.45, 7) is 7.67. The van der Waals surface area contributed by atoms with Crippen LogP contribution in [0.2, 0.25) is 10.0 Å². The van der Waals surface area contributed by atoms with Crippen molar-refractivity contribution in [2.24, 2.45) is 0 Å². The fourth-order valence-electron chi connectivity index (χ4n) is 3.68. The van der Waals surface area contributed by atoms with Crippen molar-refractivity contribution in [3.63, 3.8) is 0 Å². The first-order valence-electron chi connectivity index (χ1n) is 11.9. The minimum Gasteiger partial charge on any atom is -0.352 e. The van der Waals surface area contributed by atoms with Crippen LogP contribution in [0.1, 0.15) is 51.2 Å². The summed E-state index contributed by atoms with van der Waals surface area (Å²) in [6, 6.07) is 11.5. The smallest absolute Gasteiger partial charge is 0.242 e. The number of amides is 2. The van der Waals surface area contributed by atoms with Gasteiger partial charge in [-0.05, 0) is 69.0 Å². The monoisotopic (exact) mass is 555 g/mol. The average Bonchev–Trinajstić information content (AvgIpc) is 2.82. The topological polar surface area (TPSA) is 86.8 Å². The van der Waals surface area contributed by atoms with E-state index < -0.39 is 16.1 Å². The minimum absolute atomic E-state index is 0.0170. The lowest BCUT2D eigenvalue weighted by atomic mass is 10.1. The van der Waals surface area contributed by atoms with Crippen LogP contribution in [0.4, 0.5) is 5.69 Å². The molecule has 0 radical (unpaired) electrons. The molecule has 7 nitrogen and oxygen atoms in total. The highest BCUT2D eigenvalue weighted by Crippen LogP contribution is 2.28. The molecule has 0 spiro atoms. The van der Waals surface area contributed by atoms with Crippen molar-refractivity contribution in [2.45, 2.75) is 65.6 Å². The van der Waals surface area contributed by atoms with Gasteiger partial charge in [-0.2, -0.15) is 0 Å². The molecule has 0 aliphatic rings. The second-order valence-corrected chi connectivity index (χ2v) is 11.7. The largest absolute Gasteiger partial charge is 0.352 e. The third-order valence-electron chi connectivity index (χ3n) is 6.09. The van der Waals surface area contributed by atoms with E-state index in [4.69, 9.17) is 23.2 Å². The summed E-state index contributed by atoms with van der Waals surface area (Å²) < 4.78 is 26.3. The van der Waals surface area contributed by atoms with Crippen LogP contribution in [0, 0.1) is 6.92 Å². The Balaban J connectivity index is 2.20. The van der Waals surface area contributed by atoms with Gasteiger partial charge in [-0.25, -0.2) is 8.42 Å². The fraction of sp³-hybridized carbons (Fsp3) is 0.462. The van der Waals surface area contributed by atoms with Gasteiger partial charge in [-0.3, -0.25) is 13.9 Å². The van der Waals surface area contributed by atoms with Gasteiger partial charge in [-0.1, -0.05) is 48.3 Å². The summed E-state index contributed by atoms with van der Waals surface area (Å²) in [7, 11) is -3.60. The SMILES string of the molecule is CCC(C)NC(=O)C(C)N(Cc1ccc(Cl)cc1)C(=O)CCCN(c1cccc(Cl)c1C)S(C)(=O)=O. The van der Waals surface area contributed by atoms with Gasteiger partial charge in [0.15, 0.2) is 0 Å². The van der Waals surface area contributed by atoms with Crippen LogP contribution in [0.25, 0.3) is 0 Å². The van der Waals surface area contributed by atoms with Crippen molar-refractivity contribution in [2.75, 3.05) is 17.1 Å². The highest BCUT2D eigenvalue weighted by molar-refractivity contribution is 7.92. The van der Waals surface area contributed by atoms with Crippen molar-refractivity contribution in [1.82, 2.24) is 10.2 Å². The molecule has 10 heteroatoms. The average molecular weight is 557 g/mol. The van der Waals surface area contributed by atoms with Gasteiger partial charge in [0.2, 0.25) is 21.8 Å². The van der Waals surface area contributed by atoms with E-state index in [9.17, 15) is 18.0 Å².